The number of halogens is 1. The van der Waals surface area contributed by atoms with Gasteiger partial charge >= 0.3 is 5.97 Å². The quantitative estimate of drug-likeness (QED) is 0.572. The first-order chi connectivity index (χ1) is 12.8. The topological polar surface area (TPSA) is 72.9 Å². The summed E-state index contributed by atoms with van der Waals surface area (Å²) in [5, 5.41) is 0.454. The van der Waals surface area contributed by atoms with E-state index in [0.29, 0.717) is 23.9 Å². The summed E-state index contributed by atoms with van der Waals surface area (Å²) < 4.78 is 37.9. The van der Waals surface area contributed by atoms with E-state index >= 15 is 0 Å². The van der Waals surface area contributed by atoms with Crippen molar-refractivity contribution in [2.75, 3.05) is 13.1 Å². The van der Waals surface area contributed by atoms with Gasteiger partial charge in [0.25, 0.3) is 0 Å². The first-order valence-corrected chi connectivity index (χ1v) is 10.3. The maximum Gasteiger partial charge on any atom is 0.343 e. The van der Waals surface area contributed by atoms with Gasteiger partial charge in [0.2, 0.25) is 10.0 Å². The third kappa shape index (κ3) is 4.68. The first-order valence-electron chi connectivity index (χ1n) is 8.49. The monoisotopic (exact) mass is 409 g/mol. The van der Waals surface area contributed by atoms with E-state index < -0.39 is 16.0 Å². The van der Waals surface area contributed by atoms with Gasteiger partial charge in [-0.1, -0.05) is 17.7 Å². The highest BCUT2D eigenvalue weighted by molar-refractivity contribution is 7.89. The molecule has 8 heteroatoms. The van der Waals surface area contributed by atoms with E-state index in [1.165, 1.54) is 34.6 Å². The van der Waals surface area contributed by atoms with Crippen molar-refractivity contribution in [3.63, 3.8) is 0 Å². The Morgan fingerprint density at radius 2 is 1.74 bits per heavy atom. The van der Waals surface area contributed by atoms with Crippen molar-refractivity contribution >= 4 is 27.6 Å². The van der Waals surface area contributed by atoms with Crippen molar-refractivity contribution in [2.45, 2.75) is 31.0 Å². The predicted molar refractivity (Wildman–Crippen MR) is 102 cm³/mol. The Bertz CT molecular complexity index is 919. The molecule has 0 saturated carbocycles. The molecule has 1 aliphatic heterocycles. The summed E-state index contributed by atoms with van der Waals surface area (Å²) in [7, 11) is -3.65. The molecule has 0 N–H and O–H groups in total. The average Bonchev–Trinajstić information content (AvgIpc) is 2.61. The number of rotatable bonds is 4. The second-order valence-electron chi connectivity index (χ2n) is 6.45. The molecule has 3 rings (SSSR count). The molecule has 0 radical (unpaired) electrons. The van der Waals surface area contributed by atoms with E-state index in [4.69, 9.17) is 21.1 Å². The molecule has 1 heterocycles. The lowest BCUT2D eigenvalue weighted by Crippen LogP contribution is -2.48. The van der Waals surface area contributed by atoms with E-state index in [1.807, 2.05) is 13.8 Å². The normalized spacial score (nSPS) is 21.0. The van der Waals surface area contributed by atoms with Crippen molar-refractivity contribution < 1.29 is 22.7 Å². The molecular formula is C19H20ClNO5S. The molecule has 1 saturated heterocycles. The molecule has 2 aromatic carbocycles. The van der Waals surface area contributed by atoms with Gasteiger partial charge in [-0.25, -0.2) is 13.2 Å². The third-order valence-electron chi connectivity index (χ3n) is 4.12. The Hall–Kier alpha value is -1.93. The molecule has 27 heavy (non-hydrogen) atoms. The summed E-state index contributed by atoms with van der Waals surface area (Å²) in [5.74, 6) is -0.268. The fourth-order valence-corrected chi connectivity index (χ4v) is 4.71. The van der Waals surface area contributed by atoms with E-state index in [-0.39, 0.29) is 22.7 Å². The molecule has 0 bridgehead atoms. The van der Waals surface area contributed by atoms with Crippen molar-refractivity contribution in [3.8, 4) is 5.75 Å². The van der Waals surface area contributed by atoms with Crippen LogP contribution in [0.1, 0.15) is 24.2 Å². The van der Waals surface area contributed by atoms with Gasteiger partial charge in [0, 0.05) is 18.1 Å². The number of hydrogen-bond donors (Lipinski definition) is 0. The highest BCUT2D eigenvalue weighted by Crippen LogP contribution is 2.22. The standard InChI is InChI=1S/C19H20ClNO5S/c1-13-11-21(12-14(2)25-13)27(23,24)18-8-6-15(7-9-18)19(22)26-17-5-3-4-16(20)10-17/h3-10,13-14H,11-12H2,1-2H3/t13-,14-/m0/s1. The van der Waals surface area contributed by atoms with Crippen molar-refractivity contribution in [3.05, 3.63) is 59.1 Å². The lowest BCUT2D eigenvalue weighted by molar-refractivity contribution is -0.0440. The van der Waals surface area contributed by atoms with Crippen LogP contribution >= 0.6 is 11.6 Å². The van der Waals surface area contributed by atoms with Crippen LogP contribution in [0, 0.1) is 0 Å². The van der Waals surface area contributed by atoms with Crippen LogP contribution in [0.15, 0.2) is 53.4 Å². The lowest BCUT2D eigenvalue weighted by atomic mass is 10.2. The number of benzene rings is 2. The van der Waals surface area contributed by atoms with Crippen LogP contribution < -0.4 is 4.74 Å². The van der Waals surface area contributed by atoms with Gasteiger partial charge in [-0.2, -0.15) is 4.31 Å². The Kier molecular flexibility index (Phi) is 5.86. The molecule has 0 aromatic heterocycles. The number of nitrogens with zero attached hydrogens (tertiary/aromatic N) is 1. The maximum atomic E-state index is 12.8. The number of hydrogen-bond acceptors (Lipinski definition) is 5. The summed E-state index contributed by atoms with van der Waals surface area (Å²) >= 11 is 5.87. The minimum absolute atomic E-state index is 0.128. The zero-order valence-electron chi connectivity index (χ0n) is 15.0. The molecule has 0 aliphatic carbocycles. The Balaban J connectivity index is 1.75. The van der Waals surface area contributed by atoms with Crippen LogP contribution in [0.5, 0.6) is 5.75 Å². The van der Waals surface area contributed by atoms with Gasteiger partial charge in [0.05, 0.1) is 22.7 Å². The van der Waals surface area contributed by atoms with Gasteiger partial charge in [-0.15, -0.1) is 0 Å². The van der Waals surface area contributed by atoms with Crippen molar-refractivity contribution in [1.29, 1.82) is 0 Å². The van der Waals surface area contributed by atoms with Crippen molar-refractivity contribution in [1.82, 2.24) is 4.31 Å². The SMILES string of the molecule is C[C@H]1CN(S(=O)(=O)c2ccc(C(=O)Oc3cccc(Cl)c3)cc2)C[C@H](C)O1. The van der Waals surface area contributed by atoms with E-state index in [2.05, 4.69) is 0 Å². The van der Waals surface area contributed by atoms with Gasteiger partial charge in [-0.05, 0) is 56.3 Å². The molecular weight excluding hydrogens is 390 g/mol. The zero-order chi connectivity index (χ0) is 19.6. The maximum absolute atomic E-state index is 12.8. The van der Waals surface area contributed by atoms with Crippen LogP contribution in [0.3, 0.4) is 0 Å². The van der Waals surface area contributed by atoms with Gasteiger partial charge in [-0.3, -0.25) is 0 Å². The van der Waals surface area contributed by atoms with E-state index in [9.17, 15) is 13.2 Å². The molecule has 144 valence electrons. The summed E-state index contributed by atoms with van der Waals surface area (Å²) in [5.41, 5.74) is 0.248. The summed E-state index contributed by atoms with van der Waals surface area (Å²) in [6, 6.07) is 12.2. The first kappa shape index (κ1) is 19.8. The smallest absolute Gasteiger partial charge is 0.343 e. The van der Waals surface area contributed by atoms with Crippen molar-refractivity contribution in [2.24, 2.45) is 0 Å². The minimum Gasteiger partial charge on any atom is -0.423 e. The third-order valence-corrected chi connectivity index (χ3v) is 6.20. The highest BCUT2D eigenvalue weighted by atomic mass is 35.5. The second kappa shape index (κ2) is 7.98. The number of ether oxygens (including phenoxy) is 2. The summed E-state index contributed by atoms with van der Waals surface area (Å²) in [6.45, 7) is 4.27. The molecule has 0 amide bonds. The van der Waals surface area contributed by atoms with E-state index in [0.717, 1.165) is 0 Å². The fraction of sp³-hybridized carbons (Fsp3) is 0.316. The van der Waals surface area contributed by atoms with Crippen LogP contribution in [0.2, 0.25) is 5.02 Å². The molecule has 1 fully saturated rings. The molecule has 2 atom stereocenters. The highest BCUT2D eigenvalue weighted by Gasteiger charge is 2.32. The molecule has 0 spiro atoms. The van der Waals surface area contributed by atoms with Gasteiger partial charge in [0.1, 0.15) is 5.75 Å². The lowest BCUT2D eigenvalue weighted by Gasteiger charge is -2.34. The minimum atomic E-state index is -3.65. The Labute approximate surface area is 163 Å². The summed E-state index contributed by atoms with van der Waals surface area (Å²) in [4.78, 5) is 12.4. The largest absolute Gasteiger partial charge is 0.423 e. The second-order valence-corrected chi connectivity index (χ2v) is 8.82. The zero-order valence-corrected chi connectivity index (χ0v) is 16.5. The van der Waals surface area contributed by atoms with Crippen LogP contribution in [0.25, 0.3) is 0 Å². The number of carbonyl (C=O) groups is 1. The number of carbonyl (C=O) groups excluding carboxylic acids is 1. The Morgan fingerprint density at radius 1 is 1.11 bits per heavy atom. The molecule has 6 nitrogen and oxygen atoms in total. The number of esters is 1. The summed E-state index contributed by atoms with van der Waals surface area (Å²) in [6.07, 6.45) is -0.342. The number of morpholine rings is 1. The predicted octanol–water partition coefficient (Wildman–Crippen LogP) is 3.36. The average molecular weight is 410 g/mol. The van der Waals surface area contributed by atoms with Crippen LogP contribution in [0.4, 0.5) is 0 Å². The van der Waals surface area contributed by atoms with Gasteiger partial charge < -0.3 is 9.47 Å². The van der Waals surface area contributed by atoms with Crippen LogP contribution in [-0.2, 0) is 14.8 Å². The van der Waals surface area contributed by atoms with Crippen LogP contribution in [-0.4, -0.2) is 44.0 Å². The number of sulfonamides is 1. The molecule has 2 aromatic rings. The fourth-order valence-electron chi connectivity index (χ4n) is 2.94. The van der Waals surface area contributed by atoms with Gasteiger partial charge in [0.15, 0.2) is 0 Å². The molecule has 1 aliphatic rings. The van der Waals surface area contributed by atoms with E-state index in [1.54, 1.807) is 18.2 Å². The molecule has 0 unspecified atom stereocenters. The Morgan fingerprint density at radius 3 is 2.33 bits per heavy atom.